The monoisotopic (exact) mass is 493 g/mol. The van der Waals surface area contributed by atoms with Crippen molar-refractivity contribution >= 4 is 52.7 Å². The standard InChI is InChI=1S/C28H19N3O6/c1-16-4-7-19(10-22(16)29-13-32)26(35)25(27(36)20-8-5-17(2)23(11-20)30-14-33)28(37)21-9-6-18(3)24(12-21)31-15-34/h4-12,25H,1-3H3. The molecule has 9 heteroatoms. The molecule has 0 fully saturated rings. The lowest BCUT2D eigenvalue weighted by Crippen LogP contribution is -2.32. The summed E-state index contributed by atoms with van der Waals surface area (Å²) in [5.74, 6) is -4.33. The molecule has 0 aliphatic carbocycles. The Balaban J connectivity index is 2.20. The molecule has 3 aromatic carbocycles. The molecule has 0 amide bonds. The molecule has 0 N–H and O–H groups in total. The molecule has 0 spiro atoms. The Bertz CT molecular complexity index is 1400. The van der Waals surface area contributed by atoms with Gasteiger partial charge in [0.2, 0.25) is 18.2 Å². The number of carbonyl (C=O) groups excluding carboxylic acids is 6. The predicted molar refractivity (Wildman–Crippen MR) is 133 cm³/mol. The number of aryl methyl sites for hydroxylation is 3. The van der Waals surface area contributed by atoms with E-state index >= 15 is 0 Å². The Morgan fingerprint density at radius 1 is 0.541 bits per heavy atom. The van der Waals surface area contributed by atoms with E-state index in [1.807, 2.05) is 0 Å². The summed E-state index contributed by atoms with van der Waals surface area (Å²) in [6, 6.07) is 12.7. The maximum atomic E-state index is 13.6. The number of ketones is 3. The Morgan fingerprint density at radius 3 is 1.05 bits per heavy atom. The van der Waals surface area contributed by atoms with Crippen molar-refractivity contribution in [2.75, 3.05) is 0 Å². The van der Waals surface area contributed by atoms with Gasteiger partial charge in [-0.3, -0.25) is 14.4 Å². The third-order valence-corrected chi connectivity index (χ3v) is 5.77. The van der Waals surface area contributed by atoms with Crippen molar-refractivity contribution in [2.24, 2.45) is 20.9 Å². The zero-order valence-electron chi connectivity index (χ0n) is 20.1. The fraction of sp³-hybridized carbons (Fsp3) is 0.143. The number of hydrogen-bond donors (Lipinski definition) is 0. The highest BCUT2D eigenvalue weighted by atomic mass is 16.2. The summed E-state index contributed by atoms with van der Waals surface area (Å²) >= 11 is 0. The molecule has 0 unspecified atom stereocenters. The Morgan fingerprint density at radius 2 is 0.811 bits per heavy atom. The molecule has 0 aliphatic heterocycles. The lowest BCUT2D eigenvalue weighted by Gasteiger charge is -2.16. The second-order valence-electron chi connectivity index (χ2n) is 8.14. The van der Waals surface area contributed by atoms with E-state index in [4.69, 9.17) is 0 Å². The highest BCUT2D eigenvalue weighted by Gasteiger charge is 2.36. The average molecular weight is 493 g/mol. The van der Waals surface area contributed by atoms with E-state index in [9.17, 15) is 28.8 Å². The molecular formula is C28H19N3O6. The lowest BCUT2D eigenvalue weighted by molar-refractivity contribution is 0.0733. The van der Waals surface area contributed by atoms with E-state index in [2.05, 4.69) is 15.0 Å². The van der Waals surface area contributed by atoms with Gasteiger partial charge in [0.15, 0.2) is 17.3 Å². The van der Waals surface area contributed by atoms with E-state index < -0.39 is 23.3 Å². The maximum absolute atomic E-state index is 13.6. The highest BCUT2D eigenvalue weighted by Crippen LogP contribution is 2.28. The number of isocyanates is 3. The van der Waals surface area contributed by atoms with Crippen molar-refractivity contribution < 1.29 is 28.8 Å². The van der Waals surface area contributed by atoms with Gasteiger partial charge in [-0.15, -0.1) is 0 Å². The van der Waals surface area contributed by atoms with Crippen LogP contribution in [-0.4, -0.2) is 35.6 Å². The van der Waals surface area contributed by atoms with E-state index in [-0.39, 0.29) is 33.8 Å². The number of carbonyl (C=O) groups is 3. The first-order valence-corrected chi connectivity index (χ1v) is 10.9. The predicted octanol–water partition coefficient (Wildman–Crippen LogP) is 5.08. The van der Waals surface area contributed by atoms with Crippen LogP contribution in [-0.2, 0) is 14.4 Å². The van der Waals surface area contributed by atoms with Gasteiger partial charge < -0.3 is 0 Å². The molecule has 0 aliphatic rings. The minimum Gasteiger partial charge on any atom is -0.293 e. The molecule has 0 radical (unpaired) electrons. The van der Waals surface area contributed by atoms with Crippen LogP contribution in [0.15, 0.2) is 69.6 Å². The summed E-state index contributed by atoms with van der Waals surface area (Å²) in [4.78, 5) is 84.0. The number of nitrogens with zero attached hydrogens (tertiary/aromatic N) is 3. The summed E-state index contributed by atoms with van der Waals surface area (Å²) in [5.41, 5.74) is 2.16. The van der Waals surface area contributed by atoms with Gasteiger partial charge in [-0.05, 0) is 55.7 Å². The molecule has 0 aromatic heterocycles. The van der Waals surface area contributed by atoms with E-state index in [0.29, 0.717) is 16.7 Å². The minimum absolute atomic E-state index is 0.0252. The highest BCUT2D eigenvalue weighted by molar-refractivity contribution is 6.31. The van der Waals surface area contributed by atoms with Crippen molar-refractivity contribution in [2.45, 2.75) is 20.8 Å². The molecule has 0 heterocycles. The summed E-state index contributed by atoms with van der Waals surface area (Å²) in [6.45, 7) is 5.00. The third-order valence-electron chi connectivity index (χ3n) is 5.77. The third kappa shape index (κ3) is 5.73. The maximum Gasteiger partial charge on any atom is 0.240 e. The number of Topliss-reactive ketones (excluding diaryl/α,β-unsaturated/α-hetero) is 3. The Hall–Kier alpha value is -5.19. The average Bonchev–Trinajstić information content (AvgIpc) is 2.88. The van der Waals surface area contributed by atoms with Crippen LogP contribution in [0.1, 0.15) is 47.8 Å². The fourth-order valence-corrected chi connectivity index (χ4v) is 3.65. The minimum atomic E-state index is -1.83. The van der Waals surface area contributed by atoms with Crippen LogP contribution in [0.25, 0.3) is 0 Å². The van der Waals surface area contributed by atoms with Gasteiger partial charge in [-0.25, -0.2) is 14.4 Å². The molecule has 9 nitrogen and oxygen atoms in total. The molecule has 0 bridgehead atoms. The Labute approximate surface area is 211 Å². The summed E-state index contributed by atoms with van der Waals surface area (Å²) < 4.78 is 0. The molecule has 0 saturated heterocycles. The van der Waals surface area contributed by atoms with Crippen molar-refractivity contribution in [1.82, 2.24) is 0 Å². The molecule has 182 valence electrons. The number of benzene rings is 3. The summed E-state index contributed by atoms with van der Waals surface area (Å²) in [6.07, 6.45) is 4.23. The first-order valence-electron chi connectivity index (χ1n) is 10.9. The zero-order valence-corrected chi connectivity index (χ0v) is 20.1. The topological polar surface area (TPSA) is 140 Å². The van der Waals surface area contributed by atoms with Crippen LogP contribution < -0.4 is 0 Å². The van der Waals surface area contributed by atoms with Crippen molar-refractivity contribution in [3.8, 4) is 0 Å². The van der Waals surface area contributed by atoms with E-state index in [1.165, 1.54) is 72.8 Å². The van der Waals surface area contributed by atoms with Gasteiger partial charge in [0.1, 0.15) is 5.92 Å². The van der Waals surface area contributed by atoms with Crippen molar-refractivity contribution in [1.29, 1.82) is 0 Å². The van der Waals surface area contributed by atoms with Crippen LogP contribution >= 0.6 is 0 Å². The zero-order chi connectivity index (χ0) is 27.1. The largest absolute Gasteiger partial charge is 0.293 e. The van der Waals surface area contributed by atoms with Gasteiger partial charge in [0.05, 0.1) is 17.1 Å². The Kier molecular flexibility index (Phi) is 8.20. The van der Waals surface area contributed by atoms with Gasteiger partial charge in [0, 0.05) is 16.7 Å². The van der Waals surface area contributed by atoms with Crippen molar-refractivity contribution in [3.63, 3.8) is 0 Å². The molecule has 37 heavy (non-hydrogen) atoms. The fourth-order valence-electron chi connectivity index (χ4n) is 3.65. The van der Waals surface area contributed by atoms with Gasteiger partial charge >= 0.3 is 0 Å². The normalized spacial score (nSPS) is 10.8. The molecule has 0 atom stereocenters. The number of hydrogen-bond acceptors (Lipinski definition) is 9. The lowest BCUT2D eigenvalue weighted by atomic mass is 9.83. The second kappa shape index (κ2) is 11.5. The summed E-state index contributed by atoms with van der Waals surface area (Å²) in [7, 11) is 0. The molecule has 3 aromatic rings. The van der Waals surface area contributed by atoms with E-state index in [0.717, 1.165) is 0 Å². The second-order valence-corrected chi connectivity index (χ2v) is 8.14. The van der Waals surface area contributed by atoms with Gasteiger partial charge in [0.25, 0.3) is 0 Å². The van der Waals surface area contributed by atoms with Crippen LogP contribution in [0.2, 0.25) is 0 Å². The van der Waals surface area contributed by atoms with Gasteiger partial charge in [-0.1, -0.05) is 36.4 Å². The molecular weight excluding hydrogens is 474 g/mol. The quantitative estimate of drug-likeness (QED) is 0.176. The molecule has 3 rings (SSSR count). The van der Waals surface area contributed by atoms with Crippen LogP contribution in [0.3, 0.4) is 0 Å². The van der Waals surface area contributed by atoms with Crippen molar-refractivity contribution in [3.05, 3.63) is 88.0 Å². The number of rotatable bonds is 9. The van der Waals surface area contributed by atoms with Gasteiger partial charge in [-0.2, -0.15) is 15.0 Å². The van der Waals surface area contributed by atoms with Crippen LogP contribution in [0.5, 0.6) is 0 Å². The van der Waals surface area contributed by atoms with Crippen LogP contribution in [0, 0.1) is 26.7 Å². The molecule has 0 saturated carbocycles. The smallest absolute Gasteiger partial charge is 0.240 e. The van der Waals surface area contributed by atoms with E-state index in [1.54, 1.807) is 20.8 Å². The first-order chi connectivity index (χ1) is 17.7. The van der Waals surface area contributed by atoms with Crippen LogP contribution in [0.4, 0.5) is 17.1 Å². The number of aliphatic imine (C=N–C) groups is 3. The summed E-state index contributed by atoms with van der Waals surface area (Å²) in [5, 5.41) is 0. The SMILES string of the molecule is Cc1ccc(C(=O)C(C(=O)c2ccc(C)c(N=C=O)c2)C(=O)c2ccc(C)c(N=C=O)c2)cc1N=C=O. The first kappa shape index (κ1) is 26.4.